The van der Waals surface area contributed by atoms with Crippen LogP contribution in [0.1, 0.15) is 103 Å². The second kappa shape index (κ2) is 15.4. The van der Waals surface area contributed by atoms with Crippen molar-refractivity contribution >= 4 is 11.6 Å². The molecule has 0 amide bonds. The standard InChI is InChI=1S/C24H38O3/c1-2-3-4-5-6-7-8-9-10-11-12-13-14-15-16-18-21(25)24-22(26)19-17-20-23(24)27/h6-7,9-10,25H,2-5,8,11-20H2,1H3. The van der Waals surface area contributed by atoms with Crippen LogP contribution in [0.3, 0.4) is 0 Å². The van der Waals surface area contributed by atoms with E-state index in [1.165, 1.54) is 38.5 Å². The summed E-state index contributed by atoms with van der Waals surface area (Å²) < 4.78 is 0. The van der Waals surface area contributed by atoms with Crippen molar-refractivity contribution in [2.75, 3.05) is 0 Å². The maximum absolute atomic E-state index is 11.8. The molecule has 0 atom stereocenters. The first kappa shape index (κ1) is 23.4. The van der Waals surface area contributed by atoms with E-state index in [1.54, 1.807) is 0 Å². The molecule has 0 radical (unpaired) electrons. The molecule has 1 N–H and O–H groups in total. The lowest BCUT2D eigenvalue weighted by molar-refractivity contribution is -0.124. The molecule has 0 saturated heterocycles. The van der Waals surface area contributed by atoms with E-state index in [4.69, 9.17) is 0 Å². The van der Waals surface area contributed by atoms with Crippen LogP contribution in [-0.2, 0) is 9.59 Å². The number of hydrogen-bond donors (Lipinski definition) is 1. The Morgan fingerprint density at radius 1 is 0.815 bits per heavy atom. The Hall–Kier alpha value is -1.64. The molecule has 0 spiro atoms. The highest BCUT2D eigenvalue weighted by Gasteiger charge is 2.26. The number of allylic oxidation sites excluding steroid dienone is 6. The average molecular weight is 375 g/mol. The predicted molar refractivity (Wildman–Crippen MR) is 113 cm³/mol. The molecule has 0 aromatic carbocycles. The largest absolute Gasteiger partial charge is 0.511 e. The molecule has 0 aromatic heterocycles. The number of aliphatic hydroxyl groups excluding tert-OH is 1. The topological polar surface area (TPSA) is 54.4 Å². The van der Waals surface area contributed by atoms with Crippen LogP contribution >= 0.6 is 0 Å². The second-order valence-electron chi connectivity index (χ2n) is 7.50. The average Bonchev–Trinajstić information content (AvgIpc) is 2.64. The molecular weight excluding hydrogens is 336 g/mol. The van der Waals surface area contributed by atoms with Gasteiger partial charge in [0.1, 0.15) is 5.76 Å². The second-order valence-corrected chi connectivity index (χ2v) is 7.50. The van der Waals surface area contributed by atoms with E-state index < -0.39 is 0 Å². The van der Waals surface area contributed by atoms with Crippen molar-refractivity contribution in [3.63, 3.8) is 0 Å². The monoisotopic (exact) mass is 374 g/mol. The lowest BCUT2D eigenvalue weighted by atomic mass is 9.90. The first-order valence-corrected chi connectivity index (χ1v) is 10.9. The highest BCUT2D eigenvalue weighted by Crippen LogP contribution is 2.22. The van der Waals surface area contributed by atoms with Gasteiger partial charge in [0.2, 0.25) is 0 Å². The van der Waals surface area contributed by atoms with Crippen LogP contribution in [0.4, 0.5) is 0 Å². The maximum atomic E-state index is 11.8. The van der Waals surface area contributed by atoms with E-state index in [9.17, 15) is 14.7 Å². The third-order valence-corrected chi connectivity index (χ3v) is 5.02. The first-order valence-electron chi connectivity index (χ1n) is 10.9. The number of unbranched alkanes of at least 4 members (excludes halogenated alkanes) is 8. The van der Waals surface area contributed by atoms with Gasteiger partial charge in [0.25, 0.3) is 0 Å². The van der Waals surface area contributed by atoms with E-state index in [-0.39, 0.29) is 22.9 Å². The van der Waals surface area contributed by atoms with Gasteiger partial charge in [-0.05, 0) is 44.9 Å². The Bertz CT molecular complexity index is 508. The number of hydrogen-bond acceptors (Lipinski definition) is 3. The van der Waals surface area contributed by atoms with Crippen molar-refractivity contribution in [1.29, 1.82) is 0 Å². The fraction of sp³-hybridized carbons (Fsp3) is 0.667. The van der Waals surface area contributed by atoms with Crippen LogP contribution in [0, 0.1) is 0 Å². The van der Waals surface area contributed by atoms with Gasteiger partial charge in [-0.1, -0.05) is 63.3 Å². The molecule has 1 fully saturated rings. The van der Waals surface area contributed by atoms with Crippen LogP contribution in [-0.4, -0.2) is 16.7 Å². The molecule has 1 aliphatic carbocycles. The molecule has 0 unspecified atom stereocenters. The van der Waals surface area contributed by atoms with E-state index in [0.29, 0.717) is 25.7 Å². The van der Waals surface area contributed by atoms with Gasteiger partial charge in [0.05, 0.1) is 5.57 Å². The van der Waals surface area contributed by atoms with E-state index >= 15 is 0 Å². The van der Waals surface area contributed by atoms with E-state index in [0.717, 1.165) is 32.1 Å². The minimum Gasteiger partial charge on any atom is -0.511 e. The van der Waals surface area contributed by atoms with Gasteiger partial charge in [-0.2, -0.15) is 0 Å². The predicted octanol–water partition coefficient (Wildman–Crippen LogP) is 6.93. The molecule has 1 saturated carbocycles. The Morgan fingerprint density at radius 2 is 1.37 bits per heavy atom. The van der Waals surface area contributed by atoms with Crippen molar-refractivity contribution < 1.29 is 14.7 Å². The minimum atomic E-state index is -0.175. The number of ketones is 2. The van der Waals surface area contributed by atoms with E-state index in [1.807, 2.05) is 0 Å². The molecule has 0 aromatic rings. The third kappa shape index (κ3) is 10.9. The summed E-state index contributed by atoms with van der Waals surface area (Å²) >= 11 is 0. The number of carbonyl (C=O) groups excluding carboxylic acids is 2. The molecule has 152 valence electrons. The molecule has 3 nitrogen and oxygen atoms in total. The summed E-state index contributed by atoms with van der Waals surface area (Å²) in [6, 6.07) is 0. The van der Waals surface area contributed by atoms with Crippen molar-refractivity contribution in [3.05, 3.63) is 35.6 Å². The molecule has 1 rings (SSSR count). The van der Waals surface area contributed by atoms with Crippen molar-refractivity contribution in [2.45, 2.75) is 103 Å². The molecule has 0 aliphatic heterocycles. The Labute approximate surface area is 165 Å². The lowest BCUT2D eigenvalue weighted by Crippen LogP contribution is -2.20. The third-order valence-electron chi connectivity index (χ3n) is 5.02. The van der Waals surface area contributed by atoms with Crippen LogP contribution in [0.15, 0.2) is 35.6 Å². The fourth-order valence-corrected chi connectivity index (χ4v) is 3.37. The summed E-state index contributed by atoms with van der Waals surface area (Å²) in [6.07, 6.45) is 23.6. The number of rotatable bonds is 14. The zero-order chi connectivity index (χ0) is 19.7. The SMILES string of the molecule is CCCCCC=CCC=CCCCCCCCC(O)=C1C(=O)CCCC1=O. The van der Waals surface area contributed by atoms with Crippen LogP contribution in [0.2, 0.25) is 0 Å². The van der Waals surface area contributed by atoms with Gasteiger partial charge in [0, 0.05) is 19.3 Å². The van der Waals surface area contributed by atoms with Gasteiger partial charge in [0.15, 0.2) is 11.6 Å². The Balaban J connectivity index is 2.00. The summed E-state index contributed by atoms with van der Waals surface area (Å²) in [5, 5.41) is 10.0. The fourth-order valence-electron chi connectivity index (χ4n) is 3.37. The number of carbonyl (C=O) groups is 2. The van der Waals surface area contributed by atoms with Gasteiger partial charge in [-0.15, -0.1) is 0 Å². The zero-order valence-corrected chi connectivity index (χ0v) is 17.2. The van der Waals surface area contributed by atoms with Gasteiger partial charge in [-0.25, -0.2) is 0 Å². The molecule has 0 bridgehead atoms. The smallest absolute Gasteiger partial charge is 0.169 e. The van der Waals surface area contributed by atoms with Crippen LogP contribution < -0.4 is 0 Å². The summed E-state index contributed by atoms with van der Waals surface area (Å²) in [6.45, 7) is 2.23. The van der Waals surface area contributed by atoms with Crippen molar-refractivity contribution in [1.82, 2.24) is 0 Å². The highest BCUT2D eigenvalue weighted by atomic mass is 16.3. The molecule has 0 heterocycles. The normalized spacial score (nSPS) is 15.4. The molecule has 1 aliphatic rings. The molecular formula is C24H38O3. The minimum absolute atomic E-state index is 0.0235. The summed E-state index contributed by atoms with van der Waals surface area (Å²) in [5.41, 5.74) is 0.0887. The first-order chi connectivity index (χ1) is 13.2. The van der Waals surface area contributed by atoms with Gasteiger partial charge >= 0.3 is 0 Å². The van der Waals surface area contributed by atoms with Crippen molar-refractivity contribution in [2.24, 2.45) is 0 Å². The lowest BCUT2D eigenvalue weighted by Gasteiger charge is -2.13. The summed E-state index contributed by atoms with van der Waals surface area (Å²) in [7, 11) is 0. The van der Waals surface area contributed by atoms with Gasteiger partial charge in [-0.3, -0.25) is 9.59 Å². The maximum Gasteiger partial charge on any atom is 0.169 e. The van der Waals surface area contributed by atoms with Crippen LogP contribution in [0.25, 0.3) is 0 Å². The molecule has 3 heteroatoms. The van der Waals surface area contributed by atoms with Gasteiger partial charge < -0.3 is 5.11 Å². The highest BCUT2D eigenvalue weighted by molar-refractivity contribution is 6.21. The zero-order valence-electron chi connectivity index (χ0n) is 17.2. The number of Topliss-reactive ketones (excluding diaryl/α,β-unsaturated/α-hetero) is 2. The summed E-state index contributed by atoms with van der Waals surface area (Å²) in [5.74, 6) is -0.326. The quantitative estimate of drug-likeness (QED) is 0.118. The Kier molecular flexibility index (Phi) is 13.4. The number of aliphatic hydroxyl groups is 1. The van der Waals surface area contributed by atoms with Crippen molar-refractivity contribution in [3.8, 4) is 0 Å². The summed E-state index contributed by atoms with van der Waals surface area (Å²) in [4.78, 5) is 23.5. The molecule has 27 heavy (non-hydrogen) atoms. The Morgan fingerprint density at radius 3 is 2.00 bits per heavy atom. The van der Waals surface area contributed by atoms with E-state index in [2.05, 4.69) is 31.2 Å². The van der Waals surface area contributed by atoms with Crippen LogP contribution in [0.5, 0.6) is 0 Å².